The molecular weight excluding hydrogens is 212 g/mol. The van der Waals surface area contributed by atoms with Crippen molar-refractivity contribution in [2.75, 3.05) is 13.1 Å². The highest BCUT2D eigenvalue weighted by Gasteiger charge is 2.32. The summed E-state index contributed by atoms with van der Waals surface area (Å²) in [6.45, 7) is 1.51. The fourth-order valence-corrected chi connectivity index (χ4v) is 1.41. The smallest absolute Gasteiger partial charge is 0.305 e. The van der Waals surface area contributed by atoms with Gasteiger partial charge in [-0.2, -0.15) is 0 Å². The predicted octanol–water partition coefficient (Wildman–Crippen LogP) is -0.412. The van der Waals surface area contributed by atoms with Gasteiger partial charge in [-0.25, -0.2) is 0 Å². The van der Waals surface area contributed by atoms with Crippen LogP contribution < -0.4 is 5.32 Å². The normalized spacial score (nSPS) is 14.3. The van der Waals surface area contributed by atoms with Crippen molar-refractivity contribution in [3.8, 4) is 0 Å². The van der Waals surface area contributed by atoms with Gasteiger partial charge in [-0.1, -0.05) is 0 Å². The van der Waals surface area contributed by atoms with Gasteiger partial charge in [-0.15, -0.1) is 0 Å². The monoisotopic (exact) mass is 228 g/mol. The summed E-state index contributed by atoms with van der Waals surface area (Å²) in [4.78, 5) is 34.3. The van der Waals surface area contributed by atoms with Crippen molar-refractivity contribution in [1.82, 2.24) is 10.2 Å². The fourth-order valence-electron chi connectivity index (χ4n) is 1.41. The maximum atomic E-state index is 11.7. The van der Waals surface area contributed by atoms with Crippen molar-refractivity contribution in [3.05, 3.63) is 0 Å². The van der Waals surface area contributed by atoms with Gasteiger partial charge in [0.25, 0.3) is 0 Å². The summed E-state index contributed by atoms with van der Waals surface area (Å²) in [6.07, 6.45) is 1.79. The highest BCUT2D eigenvalue weighted by Crippen LogP contribution is 2.26. The van der Waals surface area contributed by atoms with Crippen LogP contribution in [0.3, 0.4) is 0 Å². The van der Waals surface area contributed by atoms with Gasteiger partial charge in [0.15, 0.2) is 0 Å². The van der Waals surface area contributed by atoms with E-state index >= 15 is 0 Å². The average molecular weight is 228 g/mol. The Bertz CT molecular complexity index is 299. The molecule has 6 heteroatoms. The van der Waals surface area contributed by atoms with Crippen LogP contribution in [0.25, 0.3) is 0 Å². The number of rotatable bonds is 6. The van der Waals surface area contributed by atoms with Crippen LogP contribution in [0.4, 0.5) is 0 Å². The molecule has 0 radical (unpaired) electrons. The summed E-state index contributed by atoms with van der Waals surface area (Å²) < 4.78 is 0. The second-order valence-electron chi connectivity index (χ2n) is 3.87. The van der Waals surface area contributed by atoms with Crippen LogP contribution in [-0.2, 0) is 14.4 Å². The molecular formula is C10H16N2O4. The Kier molecular flexibility index (Phi) is 4.28. The van der Waals surface area contributed by atoms with Crippen LogP contribution in [0.1, 0.15) is 26.2 Å². The van der Waals surface area contributed by atoms with Gasteiger partial charge < -0.3 is 15.3 Å². The van der Waals surface area contributed by atoms with Gasteiger partial charge in [-0.3, -0.25) is 14.4 Å². The van der Waals surface area contributed by atoms with Crippen molar-refractivity contribution in [1.29, 1.82) is 0 Å². The largest absolute Gasteiger partial charge is 0.481 e. The Morgan fingerprint density at radius 3 is 2.44 bits per heavy atom. The first-order valence-electron chi connectivity index (χ1n) is 5.26. The van der Waals surface area contributed by atoms with E-state index < -0.39 is 5.97 Å². The minimum atomic E-state index is -0.919. The van der Waals surface area contributed by atoms with Crippen molar-refractivity contribution >= 4 is 17.8 Å². The summed E-state index contributed by atoms with van der Waals surface area (Å²) in [5, 5.41) is 11.0. The topological polar surface area (TPSA) is 86.7 Å². The van der Waals surface area contributed by atoms with Gasteiger partial charge in [-0.05, 0) is 12.8 Å². The molecule has 0 aromatic carbocycles. The summed E-state index contributed by atoms with van der Waals surface area (Å²) in [6, 6.07) is 0.167. The lowest BCUT2D eigenvalue weighted by Crippen LogP contribution is -2.41. The van der Waals surface area contributed by atoms with E-state index in [9.17, 15) is 14.4 Å². The summed E-state index contributed by atoms with van der Waals surface area (Å²) in [7, 11) is 0. The molecule has 0 aliphatic heterocycles. The van der Waals surface area contributed by atoms with E-state index in [-0.39, 0.29) is 37.4 Å². The maximum absolute atomic E-state index is 11.7. The van der Waals surface area contributed by atoms with Crippen LogP contribution in [0.15, 0.2) is 0 Å². The predicted molar refractivity (Wildman–Crippen MR) is 55.7 cm³/mol. The Morgan fingerprint density at radius 2 is 2.00 bits per heavy atom. The van der Waals surface area contributed by atoms with E-state index in [0.29, 0.717) is 0 Å². The first-order valence-corrected chi connectivity index (χ1v) is 5.26. The average Bonchev–Trinajstić information content (AvgIpc) is 2.98. The molecule has 0 bridgehead atoms. The molecule has 0 aromatic rings. The minimum Gasteiger partial charge on any atom is -0.481 e. The molecule has 2 N–H and O–H groups in total. The fraction of sp³-hybridized carbons (Fsp3) is 0.700. The first-order chi connectivity index (χ1) is 7.50. The molecule has 90 valence electrons. The standard InChI is InChI=1S/C10H16N2O4/c1-7(13)11-6-9(14)12(8-2-3-8)5-4-10(15)16/h8H,2-6H2,1H3,(H,11,13)(H,15,16). The quantitative estimate of drug-likeness (QED) is 0.647. The zero-order valence-electron chi connectivity index (χ0n) is 9.23. The number of carboxylic acid groups (broad SMARTS) is 1. The van der Waals surface area contributed by atoms with Gasteiger partial charge in [0.2, 0.25) is 11.8 Å². The summed E-state index contributed by atoms with van der Waals surface area (Å²) in [5.74, 6) is -1.39. The van der Waals surface area contributed by atoms with E-state index in [0.717, 1.165) is 12.8 Å². The molecule has 0 heterocycles. The Hall–Kier alpha value is -1.59. The molecule has 6 nitrogen and oxygen atoms in total. The van der Waals surface area contributed by atoms with Crippen LogP contribution in [0, 0.1) is 0 Å². The molecule has 1 aliphatic carbocycles. The van der Waals surface area contributed by atoms with Gasteiger partial charge >= 0.3 is 5.97 Å². The SMILES string of the molecule is CC(=O)NCC(=O)N(CCC(=O)O)C1CC1. The molecule has 16 heavy (non-hydrogen) atoms. The zero-order valence-corrected chi connectivity index (χ0v) is 9.23. The van der Waals surface area contributed by atoms with Crippen molar-refractivity contribution in [3.63, 3.8) is 0 Å². The Morgan fingerprint density at radius 1 is 1.38 bits per heavy atom. The van der Waals surface area contributed by atoms with E-state index in [1.54, 1.807) is 4.90 Å². The Balaban J connectivity index is 2.39. The van der Waals surface area contributed by atoms with Crippen LogP contribution in [-0.4, -0.2) is 46.9 Å². The van der Waals surface area contributed by atoms with Gasteiger partial charge in [0.1, 0.15) is 0 Å². The Labute approximate surface area is 93.6 Å². The highest BCUT2D eigenvalue weighted by atomic mass is 16.4. The number of nitrogens with one attached hydrogen (secondary N) is 1. The number of hydrogen-bond donors (Lipinski definition) is 2. The van der Waals surface area contributed by atoms with Crippen LogP contribution in [0.2, 0.25) is 0 Å². The van der Waals surface area contributed by atoms with Crippen LogP contribution >= 0.6 is 0 Å². The molecule has 0 aromatic heterocycles. The van der Waals surface area contributed by atoms with Crippen molar-refractivity contribution < 1.29 is 19.5 Å². The number of amides is 2. The molecule has 0 atom stereocenters. The molecule has 1 fully saturated rings. The van der Waals surface area contributed by atoms with E-state index in [1.165, 1.54) is 6.92 Å². The van der Waals surface area contributed by atoms with Crippen molar-refractivity contribution in [2.24, 2.45) is 0 Å². The third kappa shape index (κ3) is 4.29. The molecule has 0 spiro atoms. The number of carboxylic acids is 1. The molecule has 1 rings (SSSR count). The first kappa shape index (κ1) is 12.5. The second kappa shape index (κ2) is 5.48. The number of hydrogen-bond acceptors (Lipinski definition) is 3. The summed E-state index contributed by atoms with van der Waals surface area (Å²) in [5.41, 5.74) is 0. The number of carbonyl (C=O) groups is 3. The maximum Gasteiger partial charge on any atom is 0.305 e. The lowest BCUT2D eigenvalue weighted by atomic mass is 10.3. The minimum absolute atomic E-state index is 0.0501. The molecule has 1 saturated carbocycles. The number of carbonyl (C=O) groups excluding carboxylic acids is 2. The van der Waals surface area contributed by atoms with Gasteiger partial charge in [0.05, 0.1) is 13.0 Å². The third-order valence-electron chi connectivity index (χ3n) is 2.36. The second-order valence-corrected chi connectivity index (χ2v) is 3.87. The van der Waals surface area contributed by atoms with E-state index in [2.05, 4.69) is 5.32 Å². The third-order valence-corrected chi connectivity index (χ3v) is 2.36. The lowest BCUT2D eigenvalue weighted by Gasteiger charge is -2.21. The van der Waals surface area contributed by atoms with E-state index in [4.69, 9.17) is 5.11 Å². The van der Waals surface area contributed by atoms with Gasteiger partial charge in [0, 0.05) is 19.5 Å². The van der Waals surface area contributed by atoms with Crippen molar-refractivity contribution in [2.45, 2.75) is 32.2 Å². The number of nitrogens with zero attached hydrogens (tertiary/aromatic N) is 1. The lowest BCUT2D eigenvalue weighted by molar-refractivity contribution is -0.139. The zero-order chi connectivity index (χ0) is 12.1. The van der Waals surface area contributed by atoms with Crippen LogP contribution in [0.5, 0.6) is 0 Å². The molecule has 0 unspecified atom stereocenters. The highest BCUT2D eigenvalue weighted by molar-refractivity contribution is 5.84. The van der Waals surface area contributed by atoms with E-state index in [1.807, 2.05) is 0 Å². The molecule has 0 saturated heterocycles. The summed E-state index contributed by atoms with van der Waals surface area (Å²) >= 11 is 0. The molecule has 1 aliphatic rings. The molecule has 2 amide bonds. The number of aliphatic carboxylic acids is 1.